The molecule has 0 aliphatic heterocycles. The van der Waals surface area contributed by atoms with Crippen molar-refractivity contribution in [3.8, 4) is 34.1 Å². The molecule has 1 aromatic heterocycles. The molecule has 0 aliphatic carbocycles. The zero-order valence-corrected chi connectivity index (χ0v) is 13.8. The molecule has 0 bridgehead atoms. The SMILES string of the molecule is Cc1ccc(O)c(C)c1-c1c(N)c(C#N)cc(-c2ccncc2)c1F. The summed E-state index contributed by atoms with van der Waals surface area (Å²) < 4.78 is 15.4. The molecule has 3 N–H and O–H groups in total. The number of rotatable bonds is 2. The lowest BCUT2D eigenvalue weighted by molar-refractivity contribution is 0.471. The molecule has 2 aromatic carbocycles. The van der Waals surface area contributed by atoms with Gasteiger partial charge in [0.1, 0.15) is 17.6 Å². The maximum atomic E-state index is 15.4. The van der Waals surface area contributed by atoms with E-state index in [9.17, 15) is 10.4 Å². The van der Waals surface area contributed by atoms with Crippen LogP contribution in [0.1, 0.15) is 16.7 Å². The van der Waals surface area contributed by atoms with Crippen LogP contribution in [0.5, 0.6) is 5.75 Å². The molecule has 0 unspecified atom stereocenters. The first kappa shape index (κ1) is 16.5. The zero-order chi connectivity index (χ0) is 18.1. The van der Waals surface area contributed by atoms with E-state index in [-0.39, 0.29) is 28.1 Å². The lowest BCUT2D eigenvalue weighted by Crippen LogP contribution is -2.03. The Morgan fingerprint density at radius 2 is 1.80 bits per heavy atom. The Bertz CT molecular complexity index is 1010. The smallest absolute Gasteiger partial charge is 0.141 e. The fraction of sp³-hybridized carbons (Fsp3) is 0.100. The fourth-order valence-corrected chi connectivity index (χ4v) is 2.97. The molecule has 0 saturated heterocycles. The number of anilines is 1. The van der Waals surface area contributed by atoms with Gasteiger partial charge in [0.05, 0.1) is 11.3 Å². The molecule has 0 fully saturated rings. The van der Waals surface area contributed by atoms with Gasteiger partial charge in [-0.25, -0.2) is 4.39 Å². The van der Waals surface area contributed by atoms with Gasteiger partial charge in [-0.3, -0.25) is 4.98 Å². The summed E-state index contributed by atoms with van der Waals surface area (Å²) in [6, 6.07) is 10.1. The Labute approximate surface area is 145 Å². The number of phenolic OH excluding ortho intramolecular Hbond substituents is 1. The summed E-state index contributed by atoms with van der Waals surface area (Å²) in [5.41, 5.74) is 9.14. The molecule has 4 nitrogen and oxygen atoms in total. The monoisotopic (exact) mass is 333 g/mol. The van der Waals surface area contributed by atoms with Gasteiger partial charge in [-0.15, -0.1) is 0 Å². The number of hydrogen-bond acceptors (Lipinski definition) is 4. The number of pyridine rings is 1. The molecule has 1 heterocycles. The average molecular weight is 333 g/mol. The van der Waals surface area contributed by atoms with Crippen LogP contribution in [0.25, 0.3) is 22.3 Å². The highest BCUT2D eigenvalue weighted by Crippen LogP contribution is 2.42. The highest BCUT2D eigenvalue weighted by Gasteiger charge is 2.22. The van der Waals surface area contributed by atoms with Crippen molar-refractivity contribution < 1.29 is 9.50 Å². The Morgan fingerprint density at radius 1 is 1.12 bits per heavy atom. The van der Waals surface area contributed by atoms with Crippen LogP contribution < -0.4 is 5.73 Å². The van der Waals surface area contributed by atoms with Crippen molar-refractivity contribution in [3.63, 3.8) is 0 Å². The van der Waals surface area contributed by atoms with Gasteiger partial charge in [0.2, 0.25) is 0 Å². The molecular formula is C20H16FN3O. The van der Waals surface area contributed by atoms with E-state index in [2.05, 4.69) is 4.98 Å². The van der Waals surface area contributed by atoms with E-state index in [0.717, 1.165) is 5.56 Å². The normalized spacial score (nSPS) is 10.5. The number of phenols is 1. The summed E-state index contributed by atoms with van der Waals surface area (Å²) >= 11 is 0. The van der Waals surface area contributed by atoms with Crippen LogP contribution in [0.3, 0.4) is 0 Å². The molecule has 5 heteroatoms. The first-order valence-electron chi connectivity index (χ1n) is 7.67. The van der Waals surface area contributed by atoms with Crippen molar-refractivity contribution in [3.05, 3.63) is 65.2 Å². The Kier molecular flexibility index (Phi) is 4.12. The molecule has 0 aliphatic rings. The minimum Gasteiger partial charge on any atom is -0.508 e. The molecule has 3 aromatic rings. The summed E-state index contributed by atoms with van der Waals surface area (Å²) in [6.07, 6.45) is 3.11. The van der Waals surface area contributed by atoms with Crippen LogP contribution in [0, 0.1) is 31.0 Å². The summed E-state index contributed by atoms with van der Waals surface area (Å²) in [6.45, 7) is 3.51. The second-order valence-electron chi connectivity index (χ2n) is 5.82. The third-order valence-corrected chi connectivity index (χ3v) is 4.31. The maximum absolute atomic E-state index is 15.4. The lowest BCUT2D eigenvalue weighted by Gasteiger charge is -2.18. The third kappa shape index (κ3) is 2.68. The fourth-order valence-electron chi connectivity index (χ4n) is 2.97. The summed E-state index contributed by atoms with van der Waals surface area (Å²) in [4.78, 5) is 3.94. The van der Waals surface area contributed by atoms with Crippen molar-refractivity contribution in [2.75, 3.05) is 5.73 Å². The minimum absolute atomic E-state index is 0.0484. The number of aromatic hydroxyl groups is 1. The van der Waals surface area contributed by atoms with Gasteiger partial charge < -0.3 is 10.8 Å². The first-order valence-corrected chi connectivity index (χ1v) is 7.67. The van der Waals surface area contributed by atoms with E-state index in [1.807, 2.05) is 13.0 Å². The molecule has 124 valence electrons. The van der Waals surface area contributed by atoms with E-state index in [4.69, 9.17) is 5.73 Å². The first-order chi connectivity index (χ1) is 12.0. The van der Waals surface area contributed by atoms with Gasteiger partial charge in [0, 0.05) is 23.5 Å². The molecule has 0 spiro atoms. The second-order valence-corrected chi connectivity index (χ2v) is 5.82. The number of nitrogen functional groups attached to an aromatic ring is 1. The van der Waals surface area contributed by atoms with Gasteiger partial charge in [0.15, 0.2) is 0 Å². The molecular weight excluding hydrogens is 317 g/mol. The number of benzene rings is 2. The summed E-state index contributed by atoms with van der Waals surface area (Å²) in [7, 11) is 0. The van der Waals surface area contributed by atoms with E-state index in [1.165, 1.54) is 6.07 Å². The third-order valence-electron chi connectivity index (χ3n) is 4.31. The van der Waals surface area contributed by atoms with Crippen LogP contribution in [-0.4, -0.2) is 10.1 Å². The van der Waals surface area contributed by atoms with Crippen molar-refractivity contribution in [1.82, 2.24) is 4.98 Å². The predicted molar refractivity (Wildman–Crippen MR) is 95.3 cm³/mol. The molecule has 25 heavy (non-hydrogen) atoms. The van der Waals surface area contributed by atoms with E-state index in [0.29, 0.717) is 16.7 Å². The summed E-state index contributed by atoms with van der Waals surface area (Å²) in [5, 5.41) is 19.5. The van der Waals surface area contributed by atoms with Crippen LogP contribution in [0.4, 0.5) is 10.1 Å². The van der Waals surface area contributed by atoms with Gasteiger partial charge in [-0.1, -0.05) is 6.07 Å². The zero-order valence-electron chi connectivity index (χ0n) is 13.8. The highest BCUT2D eigenvalue weighted by molar-refractivity contribution is 5.89. The van der Waals surface area contributed by atoms with Crippen molar-refractivity contribution >= 4 is 5.69 Å². The highest BCUT2D eigenvalue weighted by atomic mass is 19.1. The van der Waals surface area contributed by atoms with E-state index < -0.39 is 5.82 Å². The molecule has 0 saturated carbocycles. The predicted octanol–water partition coefficient (Wildman–Crippen LogP) is 4.33. The molecule has 0 atom stereocenters. The van der Waals surface area contributed by atoms with Gasteiger partial charge in [-0.05, 0) is 60.4 Å². The second kappa shape index (κ2) is 6.25. The molecule has 0 amide bonds. The number of aryl methyl sites for hydroxylation is 1. The van der Waals surface area contributed by atoms with Gasteiger partial charge >= 0.3 is 0 Å². The maximum Gasteiger partial charge on any atom is 0.141 e. The lowest BCUT2D eigenvalue weighted by atomic mass is 9.89. The van der Waals surface area contributed by atoms with Crippen LogP contribution >= 0.6 is 0 Å². The quantitative estimate of drug-likeness (QED) is 0.684. The minimum atomic E-state index is -0.528. The van der Waals surface area contributed by atoms with Crippen molar-refractivity contribution in [1.29, 1.82) is 5.26 Å². The number of halogens is 1. The number of hydrogen-bond donors (Lipinski definition) is 2. The Hall–Kier alpha value is -3.39. The van der Waals surface area contributed by atoms with Crippen molar-refractivity contribution in [2.45, 2.75) is 13.8 Å². The number of aromatic nitrogens is 1. The van der Waals surface area contributed by atoms with Crippen LogP contribution in [0.15, 0.2) is 42.7 Å². The largest absolute Gasteiger partial charge is 0.508 e. The Balaban J connectivity index is 2.43. The number of nitriles is 1. The average Bonchev–Trinajstić information content (AvgIpc) is 2.62. The van der Waals surface area contributed by atoms with Gasteiger partial charge in [0.25, 0.3) is 0 Å². The molecule has 0 radical (unpaired) electrons. The number of nitrogens with two attached hydrogens (primary N) is 1. The van der Waals surface area contributed by atoms with E-state index in [1.54, 1.807) is 43.6 Å². The standard InChI is InChI=1S/C20H16FN3O/c1-11-3-4-16(25)12(2)17(11)18-19(21)15(9-14(10-22)20(18)23)13-5-7-24-8-6-13/h3-9,25H,23H2,1-2H3. The van der Waals surface area contributed by atoms with Crippen molar-refractivity contribution in [2.24, 2.45) is 0 Å². The summed E-state index contributed by atoms with van der Waals surface area (Å²) in [5.74, 6) is -0.480. The van der Waals surface area contributed by atoms with E-state index >= 15 is 4.39 Å². The molecule has 3 rings (SSSR count). The number of nitrogens with zero attached hydrogens (tertiary/aromatic N) is 2. The van der Waals surface area contributed by atoms with Gasteiger partial charge in [-0.2, -0.15) is 5.26 Å². The topological polar surface area (TPSA) is 82.9 Å². The Morgan fingerprint density at radius 3 is 2.44 bits per heavy atom. The van der Waals surface area contributed by atoms with Crippen LogP contribution in [0.2, 0.25) is 0 Å². The van der Waals surface area contributed by atoms with Crippen LogP contribution in [-0.2, 0) is 0 Å².